The summed E-state index contributed by atoms with van der Waals surface area (Å²) in [5.41, 5.74) is 3.49. The summed E-state index contributed by atoms with van der Waals surface area (Å²) in [7, 11) is 0. The van der Waals surface area contributed by atoms with Crippen molar-refractivity contribution in [1.82, 2.24) is 10.2 Å². The summed E-state index contributed by atoms with van der Waals surface area (Å²) in [4.78, 5) is 14.7. The molecule has 1 saturated heterocycles. The highest BCUT2D eigenvalue weighted by molar-refractivity contribution is 5.96. The molecule has 0 saturated carbocycles. The minimum atomic E-state index is 0.235. The summed E-state index contributed by atoms with van der Waals surface area (Å²) in [5, 5.41) is 3.36. The second-order valence-corrected chi connectivity index (χ2v) is 5.36. The first kappa shape index (κ1) is 11.7. The van der Waals surface area contributed by atoms with Crippen molar-refractivity contribution in [2.75, 3.05) is 13.1 Å². The van der Waals surface area contributed by atoms with Crippen LogP contribution in [0.15, 0.2) is 18.2 Å². The van der Waals surface area contributed by atoms with Crippen LogP contribution in [-0.4, -0.2) is 29.9 Å². The normalized spacial score (nSPS) is 22.9. The van der Waals surface area contributed by atoms with Crippen LogP contribution in [0.5, 0.6) is 0 Å². The van der Waals surface area contributed by atoms with Crippen LogP contribution in [0.3, 0.4) is 0 Å². The van der Waals surface area contributed by atoms with Crippen molar-refractivity contribution in [3.63, 3.8) is 0 Å². The van der Waals surface area contributed by atoms with Gasteiger partial charge in [0.1, 0.15) is 0 Å². The number of fused-ring (bicyclic) bond motifs is 1. The second kappa shape index (κ2) is 4.73. The molecule has 3 nitrogen and oxygen atoms in total. The SMILES string of the molecule is CC1CCCN1C(=O)c1cccc2c1CCNC2. The molecule has 1 fully saturated rings. The summed E-state index contributed by atoms with van der Waals surface area (Å²) in [5.74, 6) is 0.235. The zero-order valence-corrected chi connectivity index (χ0v) is 10.9. The van der Waals surface area contributed by atoms with E-state index in [1.165, 1.54) is 11.1 Å². The smallest absolute Gasteiger partial charge is 0.254 e. The van der Waals surface area contributed by atoms with Crippen molar-refractivity contribution in [3.8, 4) is 0 Å². The maximum absolute atomic E-state index is 12.6. The van der Waals surface area contributed by atoms with Crippen LogP contribution in [0, 0.1) is 0 Å². The molecule has 1 aromatic rings. The number of amides is 1. The van der Waals surface area contributed by atoms with E-state index in [1.54, 1.807) is 0 Å². The van der Waals surface area contributed by atoms with E-state index >= 15 is 0 Å². The Hall–Kier alpha value is -1.35. The van der Waals surface area contributed by atoms with Gasteiger partial charge in [0.05, 0.1) is 0 Å². The topological polar surface area (TPSA) is 32.3 Å². The molecule has 1 unspecified atom stereocenters. The predicted octanol–water partition coefficient (Wildman–Crippen LogP) is 1.96. The molecule has 0 spiro atoms. The predicted molar refractivity (Wildman–Crippen MR) is 71.6 cm³/mol. The monoisotopic (exact) mass is 244 g/mol. The summed E-state index contributed by atoms with van der Waals surface area (Å²) >= 11 is 0. The molecule has 2 heterocycles. The number of nitrogens with one attached hydrogen (secondary N) is 1. The molecule has 1 amide bonds. The second-order valence-electron chi connectivity index (χ2n) is 5.36. The quantitative estimate of drug-likeness (QED) is 0.819. The molecule has 0 aromatic heterocycles. The summed E-state index contributed by atoms with van der Waals surface area (Å²) in [6.45, 7) is 4.95. The summed E-state index contributed by atoms with van der Waals surface area (Å²) < 4.78 is 0. The van der Waals surface area contributed by atoms with Gasteiger partial charge in [-0.3, -0.25) is 4.79 Å². The van der Waals surface area contributed by atoms with Gasteiger partial charge in [-0.25, -0.2) is 0 Å². The van der Waals surface area contributed by atoms with E-state index in [4.69, 9.17) is 0 Å². The third-order valence-electron chi connectivity index (χ3n) is 4.18. The number of rotatable bonds is 1. The molecule has 18 heavy (non-hydrogen) atoms. The van der Waals surface area contributed by atoms with Crippen molar-refractivity contribution >= 4 is 5.91 Å². The first-order valence-corrected chi connectivity index (χ1v) is 6.90. The number of likely N-dealkylation sites (tertiary alicyclic amines) is 1. The zero-order chi connectivity index (χ0) is 12.5. The summed E-state index contributed by atoms with van der Waals surface area (Å²) in [6.07, 6.45) is 3.26. The minimum absolute atomic E-state index is 0.235. The molecule has 0 bridgehead atoms. The van der Waals surface area contributed by atoms with Crippen molar-refractivity contribution in [3.05, 3.63) is 34.9 Å². The zero-order valence-electron chi connectivity index (χ0n) is 10.9. The molecule has 1 atom stereocenters. The number of nitrogens with zero attached hydrogens (tertiary/aromatic N) is 1. The van der Waals surface area contributed by atoms with Gasteiger partial charge < -0.3 is 10.2 Å². The number of carbonyl (C=O) groups is 1. The maximum atomic E-state index is 12.6. The van der Waals surface area contributed by atoms with Crippen LogP contribution in [-0.2, 0) is 13.0 Å². The van der Waals surface area contributed by atoms with Gasteiger partial charge in [0, 0.05) is 24.7 Å². The highest BCUT2D eigenvalue weighted by atomic mass is 16.2. The van der Waals surface area contributed by atoms with Crippen LogP contribution in [0.1, 0.15) is 41.3 Å². The van der Waals surface area contributed by atoms with Crippen LogP contribution < -0.4 is 5.32 Å². The Kier molecular flexibility index (Phi) is 3.08. The molecule has 96 valence electrons. The number of carbonyl (C=O) groups excluding carboxylic acids is 1. The third kappa shape index (κ3) is 1.93. The van der Waals surface area contributed by atoms with Crippen molar-refractivity contribution in [1.29, 1.82) is 0 Å². The Bertz CT molecular complexity index is 470. The van der Waals surface area contributed by atoms with E-state index in [2.05, 4.69) is 18.3 Å². The van der Waals surface area contributed by atoms with E-state index in [0.717, 1.165) is 44.5 Å². The van der Waals surface area contributed by atoms with E-state index in [0.29, 0.717) is 6.04 Å². The van der Waals surface area contributed by atoms with Gasteiger partial charge in [0.15, 0.2) is 0 Å². The van der Waals surface area contributed by atoms with Crippen LogP contribution in [0.25, 0.3) is 0 Å². The largest absolute Gasteiger partial charge is 0.336 e. The Morgan fingerprint density at radius 2 is 2.33 bits per heavy atom. The lowest BCUT2D eigenvalue weighted by molar-refractivity contribution is 0.0746. The van der Waals surface area contributed by atoms with Crippen LogP contribution in [0.4, 0.5) is 0 Å². The highest BCUT2D eigenvalue weighted by Gasteiger charge is 2.28. The van der Waals surface area contributed by atoms with Crippen molar-refractivity contribution in [2.24, 2.45) is 0 Å². The van der Waals surface area contributed by atoms with Gasteiger partial charge in [-0.2, -0.15) is 0 Å². The first-order valence-electron chi connectivity index (χ1n) is 6.90. The molecule has 2 aliphatic heterocycles. The molecule has 1 N–H and O–H groups in total. The van der Waals surface area contributed by atoms with Gasteiger partial charge in [-0.15, -0.1) is 0 Å². The lowest BCUT2D eigenvalue weighted by Crippen LogP contribution is -2.35. The number of hydrogen-bond donors (Lipinski definition) is 1. The molecular weight excluding hydrogens is 224 g/mol. The number of benzene rings is 1. The molecule has 3 rings (SSSR count). The highest BCUT2D eigenvalue weighted by Crippen LogP contribution is 2.24. The van der Waals surface area contributed by atoms with Gasteiger partial charge in [-0.1, -0.05) is 12.1 Å². The fourth-order valence-corrected chi connectivity index (χ4v) is 3.12. The Morgan fingerprint density at radius 3 is 3.11 bits per heavy atom. The molecule has 1 aromatic carbocycles. The molecular formula is C15H20N2O. The lowest BCUT2D eigenvalue weighted by Gasteiger charge is -2.25. The van der Waals surface area contributed by atoms with Gasteiger partial charge in [0.2, 0.25) is 0 Å². The summed E-state index contributed by atoms with van der Waals surface area (Å²) in [6, 6.07) is 6.54. The fraction of sp³-hybridized carbons (Fsp3) is 0.533. The van der Waals surface area contributed by atoms with Crippen molar-refractivity contribution < 1.29 is 4.79 Å². The average molecular weight is 244 g/mol. The minimum Gasteiger partial charge on any atom is -0.336 e. The number of hydrogen-bond acceptors (Lipinski definition) is 2. The van der Waals surface area contributed by atoms with E-state index in [9.17, 15) is 4.79 Å². The molecule has 2 aliphatic rings. The van der Waals surface area contributed by atoms with Gasteiger partial charge in [-0.05, 0) is 49.9 Å². The van der Waals surface area contributed by atoms with Crippen molar-refractivity contribution in [2.45, 2.75) is 38.8 Å². The third-order valence-corrected chi connectivity index (χ3v) is 4.18. The van der Waals surface area contributed by atoms with Crippen LogP contribution >= 0.6 is 0 Å². The van der Waals surface area contributed by atoms with E-state index in [-0.39, 0.29) is 5.91 Å². The Balaban J connectivity index is 1.94. The average Bonchev–Trinajstić information content (AvgIpc) is 2.83. The molecule has 3 heteroatoms. The molecule has 0 radical (unpaired) electrons. The maximum Gasteiger partial charge on any atom is 0.254 e. The first-order chi connectivity index (χ1) is 8.77. The van der Waals surface area contributed by atoms with Gasteiger partial charge >= 0.3 is 0 Å². The van der Waals surface area contributed by atoms with E-state index < -0.39 is 0 Å². The molecule has 0 aliphatic carbocycles. The lowest BCUT2D eigenvalue weighted by atomic mass is 9.94. The van der Waals surface area contributed by atoms with E-state index in [1.807, 2.05) is 17.0 Å². The van der Waals surface area contributed by atoms with Gasteiger partial charge in [0.25, 0.3) is 5.91 Å². The Labute approximate surface area is 108 Å². The standard InChI is InChI=1S/C15H20N2O/c1-11-4-3-9-17(11)15(18)14-6-2-5-12-10-16-8-7-13(12)14/h2,5-6,11,16H,3-4,7-10H2,1H3. The Morgan fingerprint density at radius 1 is 1.44 bits per heavy atom. The fourth-order valence-electron chi connectivity index (χ4n) is 3.12. The van der Waals surface area contributed by atoms with Crippen LogP contribution in [0.2, 0.25) is 0 Å².